The summed E-state index contributed by atoms with van der Waals surface area (Å²) in [6.07, 6.45) is 1.05. The van der Waals surface area contributed by atoms with Crippen molar-refractivity contribution in [2.45, 2.75) is 6.42 Å². The largest absolute Gasteiger partial charge is 4.00 e. The van der Waals surface area contributed by atoms with Gasteiger partial charge in [-0.1, -0.05) is 35.4 Å². The number of hydrogen-bond acceptors (Lipinski definition) is 0. The van der Waals surface area contributed by atoms with Crippen molar-refractivity contribution in [2.24, 2.45) is 0 Å². The summed E-state index contributed by atoms with van der Waals surface area (Å²) in [5.74, 6) is 0. The van der Waals surface area contributed by atoms with Gasteiger partial charge in [0.25, 0.3) is 0 Å². The van der Waals surface area contributed by atoms with E-state index in [-0.39, 0.29) is 59.8 Å². The Morgan fingerprint density at radius 3 is 2.14 bits per heavy atom. The van der Waals surface area contributed by atoms with E-state index in [1.54, 1.807) is 0 Å². The third kappa shape index (κ3) is 5.08. The first-order valence-corrected chi connectivity index (χ1v) is 6.20. The number of benzene rings is 2. The van der Waals surface area contributed by atoms with E-state index in [9.17, 15) is 0 Å². The summed E-state index contributed by atoms with van der Waals surface area (Å²) in [6.45, 7) is 0. The molecule has 0 aromatic heterocycles. The Bertz CT molecular complexity index is 573. The van der Waals surface area contributed by atoms with Crippen molar-refractivity contribution in [1.82, 2.24) is 0 Å². The molecule has 0 bridgehead atoms. The summed E-state index contributed by atoms with van der Waals surface area (Å²) in [5, 5.41) is 0. The molecule has 0 saturated heterocycles. The van der Waals surface area contributed by atoms with Gasteiger partial charge in [0.15, 0.2) is 0 Å². The summed E-state index contributed by atoms with van der Waals surface area (Å²) >= 11 is 0. The van der Waals surface area contributed by atoms with Crippen LogP contribution in [-0.4, -0.2) is 0 Å². The van der Waals surface area contributed by atoms with Gasteiger partial charge < -0.3 is 34.0 Å². The molecular formula is C18H14Br2Hf. The van der Waals surface area contributed by atoms with E-state index in [4.69, 9.17) is 0 Å². The Labute approximate surface area is 166 Å². The van der Waals surface area contributed by atoms with E-state index in [2.05, 4.69) is 42.5 Å². The van der Waals surface area contributed by atoms with Crippen LogP contribution in [0.5, 0.6) is 0 Å². The molecule has 0 amide bonds. The first-order valence-electron chi connectivity index (χ1n) is 6.20. The second-order valence-electron chi connectivity index (χ2n) is 4.36. The second-order valence-corrected chi connectivity index (χ2v) is 4.36. The van der Waals surface area contributed by atoms with Crippen molar-refractivity contribution in [3.8, 4) is 11.1 Å². The normalized spacial score (nSPS) is 9.52. The van der Waals surface area contributed by atoms with Crippen LogP contribution < -0.4 is 34.0 Å². The van der Waals surface area contributed by atoms with Gasteiger partial charge in [0, 0.05) is 0 Å². The maximum Gasteiger partial charge on any atom is 4.00 e. The molecule has 4 rings (SSSR count). The molecule has 1 aliphatic carbocycles. The maximum atomic E-state index is 3.30. The van der Waals surface area contributed by atoms with E-state index in [0.29, 0.717) is 0 Å². The Morgan fingerprint density at radius 2 is 1.48 bits per heavy atom. The average Bonchev–Trinajstić information content (AvgIpc) is 3.10. The van der Waals surface area contributed by atoms with Crippen molar-refractivity contribution >= 4 is 0 Å². The molecule has 0 atom stereocenters. The van der Waals surface area contributed by atoms with Gasteiger partial charge in [-0.25, -0.2) is 12.1 Å². The molecule has 1 aliphatic rings. The number of rotatable bonds is 0. The van der Waals surface area contributed by atoms with Gasteiger partial charge in [0.05, 0.1) is 0 Å². The van der Waals surface area contributed by atoms with E-state index < -0.39 is 0 Å². The Balaban J connectivity index is 0.000000437. The molecule has 0 nitrogen and oxygen atoms in total. The zero-order chi connectivity index (χ0) is 12.2. The summed E-state index contributed by atoms with van der Waals surface area (Å²) < 4.78 is 0. The molecule has 0 radical (unpaired) electrons. The molecule has 0 fully saturated rings. The van der Waals surface area contributed by atoms with Gasteiger partial charge in [-0.3, -0.25) is 0 Å². The third-order valence-corrected chi connectivity index (χ3v) is 3.17. The average molecular weight is 569 g/mol. The van der Waals surface area contributed by atoms with Crippen LogP contribution in [0.25, 0.3) is 11.1 Å². The zero-order valence-corrected chi connectivity index (χ0v) is 18.2. The van der Waals surface area contributed by atoms with Crippen molar-refractivity contribution in [2.75, 3.05) is 0 Å². The van der Waals surface area contributed by atoms with E-state index in [0.717, 1.165) is 6.42 Å². The molecule has 0 spiro atoms. The Kier molecular flexibility index (Phi) is 10.2. The van der Waals surface area contributed by atoms with Gasteiger partial charge in [0.2, 0.25) is 0 Å². The zero-order valence-electron chi connectivity index (χ0n) is 11.4. The summed E-state index contributed by atoms with van der Waals surface area (Å²) in [5.41, 5.74) is 5.51. The summed E-state index contributed by atoms with van der Waals surface area (Å²) in [4.78, 5) is 0. The second kappa shape index (κ2) is 10.4. The van der Waals surface area contributed by atoms with Crippen LogP contribution in [0.15, 0.2) is 72.8 Å². The molecule has 0 heterocycles. The molecule has 3 aromatic carbocycles. The van der Waals surface area contributed by atoms with Crippen LogP contribution in [0.1, 0.15) is 11.1 Å². The molecule has 0 N–H and O–H groups in total. The quantitative estimate of drug-likeness (QED) is 0.179. The molecule has 3 heteroatoms. The minimum Gasteiger partial charge on any atom is -1.00 e. The topological polar surface area (TPSA) is 0 Å². The predicted octanol–water partition coefficient (Wildman–Crippen LogP) is -1.53. The van der Waals surface area contributed by atoms with E-state index >= 15 is 0 Å². The number of fused-ring (bicyclic) bond motifs is 3. The fourth-order valence-corrected chi connectivity index (χ4v) is 2.32. The molecule has 21 heavy (non-hydrogen) atoms. The van der Waals surface area contributed by atoms with Gasteiger partial charge in [-0.05, 0) is 6.42 Å². The van der Waals surface area contributed by atoms with E-state index in [1.165, 1.54) is 22.3 Å². The first-order chi connectivity index (χ1) is 8.95. The standard InChI is InChI=1S/C13H9.C5H5.2BrH.Hf/c1-3-7-12-10(5-1)9-11-6-2-4-8-13(11)12;1-2-4-5-3-1;;;/h1-5,7-8H,9H2;1-5H;2*1H;/q2*-1;;;+4/p-2. The molecule has 0 unspecified atom stereocenters. The van der Waals surface area contributed by atoms with Crippen LogP contribution in [0.2, 0.25) is 0 Å². The summed E-state index contributed by atoms with van der Waals surface area (Å²) in [7, 11) is 0. The molecule has 0 saturated carbocycles. The van der Waals surface area contributed by atoms with Crippen LogP contribution in [0, 0.1) is 6.07 Å². The summed E-state index contributed by atoms with van der Waals surface area (Å²) in [6, 6.07) is 28.1. The van der Waals surface area contributed by atoms with E-state index in [1.807, 2.05) is 36.4 Å². The fraction of sp³-hybridized carbons (Fsp3) is 0.0556. The van der Waals surface area contributed by atoms with Crippen LogP contribution in [-0.2, 0) is 32.3 Å². The monoisotopic (exact) mass is 568 g/mol. The fourth-order valence-electron chi connectivity index (χ4n) is 2.32. The molecule has 3 aromatic rings. The maximum absolute atomic E-state index is 3.30. The Morgan fingerprint density at radius 1 is 0.810 bits per heavy atom. The van der Waals surface area contributed by atoms with Crippen molar-refractivity contribution in [3.05, 3.63) is 90.0 Å². The van der Waals surface area contributed by atoms with Crippen molar-refractivity contribution < 1.29 is 59.8 Å². The number of hydrogen-bond donors (Lipinski definition) is 0. The van der Waals surface area contributed by atoms with Crippen LogP contribution in [0.3, 0.4) is 0 Å². The smallest absolute Gasteiger partial charge is 1.00 e. The van der Waals surface area contributed by atoms with Gasteiger partial charge in [-0.15, -0.1) is 5.56 Å². The van der Waals surface area contributed by atoms with Crippen LogP contribution >= 0.6 is 0 Å². The van der Waals surface area contributed by atoms with Gasteiger partial charge in [-0.2, -0.15) is 48.0 Å². The van der Waals surface area contributed by atoms with Crippen molar-refractivity contribution in [3.63, 3.8) is 0 Å². The minimum absolute atomic E-state index is 0. The van der Waals surface area contributed by atoms with Gasteiger partial charge in [0.1, 0.15) is 0 Å². The minimum atomic E-state index is 0. The third-order valence-electron chi connectivity index (χ3n) is 3.17. The first kappa shape index (κ1) is 20.6. The predicted molar refractivity (Wildman–Crippen MR) is 75.6 cm³/mol. The SMILES string of the molecule is [Br-].[Br-].[Hf+4].[c-]1cccc2c1Cc1ccccc1-2.c1cc[cH-]c1. The molecular weight excluding hydrogens is 554 g/mol. The number of halogens is 2. The Hall–Kier alpha value is -0.380. The molecule has 0 aliphatic heterocycles. The van der Waals surface area contributed by atoms with Crippen LogP contribution in [0.4, 0.5) is 0 Å². The van der Waals surface area contributed by atoms with Crippen molar-refractivity contribution in [1.29, 1.82) is 0 Å². The molecule has 104 valence electrons. The van der Waals surface area contributed by atoms with Gasteiger partial charge >= 0.3 is 25.8 Å².